The summed E-state index contributed by atoms with van der Waals surface area (Å²) in [7, 11) is 0. The van der Waals surface area contributed by atoms with Crippen molar-refractivity contribution in [1.82, 2.24) is 10.2 Å². The summed E-state index contributed by atoms with van der Waals surface area (Å²) in [5.41, 5.74) is 10.4. The van der Waals surface area contributed by atoms with Crippen molar-refractivity contribution in [3.8, 4) is 0 Å². The smallest absolute Gasteiger partial charge is 0.235 e. The normalized spacial score (nSPS) is 17.8. The van der Waals surface area contributed by atoms with Crippen LogP contribution in [0.5, 0.6) is 0 Å². The van der Waals surface area contributed by atoms with Crippen molar-refractivity contribution in [3.63, 3.8) is 0 Å². The van der Waals surface area contributed by atoms with Gasteiger partial charge in [-0.3, -0.25) is 9.59 Å². The molecule has 1 heterocycles. The summed E-state index contributed by atoms with van der Waals surface area (Å²) in [5.74, 6) is -0.453. The summed E-state index contributed by atoms with van der Waals surface area (Å²) < 4.78 is 5.16. The van der Waals surface area contributed by atoms with Crippen molar-refractivity contribution < 1.29 is 14.3 Å². The molecule has 0 aliphatic carbocycles. The minimum absolute atomic E-state index is 0.0912. The predicted molar refractivity (Wildman–Crippen MR) is 62.1 cm³/mol. The maximum atomic E-state index is 11.7. The average Bonchev–Trinajstić information content (AvgIpc) is 2.35. The van der Waals surface area contributed by atoms with Crippen LogP contribution in [-0.2, 0) is 14.3 Å². The van der Waals surface area contributed by atoms with Crippen LogP contribution in [0.3, 0.4) is 0 Å². The van der Waals surface area contributed by atoms with Crippen molar-refractivity contribution in [3.05, 3.63) is 0 Å². The first-order valence-corrected chi connectivity index (χ1v) is 5.72. The lowest BCUT2D eigenvalue weighted by molar-refractivity contribution is -0.135. The molecule has 0 aromatic heterocycles. The Morgan fingerprint density at radius 3 is 2.59 bits per heavy atom. The second-order valence-electron chi connectivity index (χ2n) is 3.96. The zero-order valence-corrected chi connectivity index (χ0v) is 9.85. The molecule has 0 aromatic carbocycles. The number of carbonyl (C=O) groups excluding carboxylic acids is 2. The minimum Gasteiger partial charge on any atom is -0.378 e. The van der Waals surface area contributed by atoms with Gasteiger partial charge in [-0.05, 0) is 0 Å². The van der Waals surface area contributed by atoms with Crippen LogP contribution in [0, 0.1) is 0 Å². The molecule has 0 saturated carbocycles. The maximum absolute atomic E-state index is 11.7. The second-order valence-corrected chi connectivity index (χ2v) is 3.96. The Hall–Kier alpha value is -1.18. The standard InChI is InChI=1S/C10H20N4O3/c11-8(10(12)16)7-13-2-1-9(15)14-3-5-17-6-4-14/h8,13H,1-7,11H2,(H2,12,16). The lowest BCUT2D eigenvalue weighted by Crippen LogP contribution is -2.45. The van der Waals surface area contributed by atoms with Gasteiger partial charge in [0.15, 0.2) is 0 Å². The van der Waals surface area contributed by atoms with E-state index in [2.05, 4.69) is 5.32 Å². The summed E-state index contributed by atoms with van der Waals surface area (Å²) >= 11 is 0. The molecule has 98 valence electrons. The number of morpholine rings is 1. The molecule has 0 bridgehead atoms. The van der Waals surface area contributed by atoms with Gasteiger partial charge in [0.2, 0.25) is 11.8 Å². The van der Waals surface area contributed by atoms with E-state index in [9.17, 15) is 9.59 Å². The van der Waals surface area contributed by atoms with Crippen LogP contribution in [0.2, 0.25) is 0 Å². The molecule has 1 unspecified atom stereocenters. The molecule has 0 aromatic rings. The highest BCUT2D eigenvalue weighted by atomic mass is 16.5. The van der Waals surface area contributed by atoms with Gasteiger partial charge in [-0.25, -0.2) is 0 Å². The van der Waals surface area contributed by atoms with Crippen molar-refractivity contribution in [2.75, 3.05) is 39.4 Å². The van der Waals surface area contributed by atoms with Gasteiger partial charge in [-0.2, -0.15) is 0 Å². The first-order chi connectivity index (χ1) is 8.11. The number of nitrogens with one attached hydrogen (secondary N) is 1. The summed E-state index contributed by atoms with van der Waals surface area (Å²) in [6, 6.07) is -0.700. The quantitative estimate of drug-likeness (QED) is 0.453. The Bertz CT molecular complexity index is 266. The first kappa shape index (κ1) is 13.9. The molecule has 1 aliphatic rings. The molecule has 1 saturated heterocycles. The van der Waals surface area contributed by atoms with E-state index in [0.717, 1.165) is 0 Å². The highest BCUT2D eigenvalue weighted by Crippen LogP contribution is 1.99. The summed E-state index contributed by atoms with van der Waals surface area (Å²) in [4.78, 5) is 24.1. The zero-order valence-electron chi connectivity index (χ0n) is 9.85. The number of nitrogens with zero attached hydrogens (tertiary/aromatic N) is 1. The van der Waals surface area contributed by atoms with Crippen molar-refractivity contribution in [1.29, 1.82) is 0 Å². The lowest BCUT2D eigenvalue weighted by Gasteiger charge is -2.26. The van der Waals surface area contributed by atoms with Crippen molar-refractivity contribution in [2.24, 2.45) is 11.5 Å². The molecule has 7 heteroatoms. The average molecular weight is 244 g/mol. The molecule has 7 nitrogen and oxygen atoms in total. The van der Waals surface area contributed by atoms with Crippen LogP contribution in [-0.4, -0.2) is 62.1 Å². The Balaban J connectivity index is 2.09. The highest BCUT2D eigenvalue weighted by molar-refractivity contribution is 5.79. The fourth-order valence-electron chi connectivity index (χ4n) is 1.52. The van der Waals surface area contributed by atoms with E-state index in [1.165, 1.54) is 0 Å². The molecule has 2 amide bonds. The van der Waals surface area contributed by atoms with Gasteiger partial charge >= 0.3 is 0 Å². The summed E-state index contributed by atoms with van der Waals surface area (Å²) in [6.07, 6.45) is 0.394. The fraction of sp³-hybridized carbons (Fsp3) is 0.800. The third-order valence-electron chi connectivity index (χ3n) is 2.61. The molecule has 0 radical (unpaired) electrons. The van der Waals surface area contributed by atoms with Gasteiger partial charge in [-0.1, -0.05) is 0 Å². The minimum atomic E-state index is -0.700. The Morgan fingerprint density at radius 2 is 2.00 bits per heavy atom. The number of rotatable bonds is 6. The first-order valence-electron chi connectivity index (χ1n) is 5.72. The van der Waals surface area contributed by atoms with Crippen LogP contribution in [0.4, 0.5) is 0 Å². The van der Waals surface area contributed by atoms with Crippen molar-refractivity contribution >= 4 is 11.8 Å². The second kappa shape index (κ2) is 7.21. The van der Waals surface area contributed by atoms with Crippen LogP contribution in [0.15, 0.2) is 0 Å². The highest BCUT2D eigenvalue weighted by Gasteiger charge is 2.16. The van der Waals surface area contributed by atoms with Gasteiger partial charge in [-0.15, -0.1) is 0 Å². The Labute approximate surface area is 100 Å². The number of hydrogen-bond acceptors (Lipinski definition) is 5. The van der Waals surface area contributed by atoms with E-state index in [-0.39, 0.29) is 5.91 Å². The number of amides is 2. The number of ether oxygens (including phenoxy) is 1. The van der Waals surface area contributed by atoms with Crippen LogP contribution < -0.4 is 16.8 Å². The van der Waals surface area contributed by atoms with Gasteiger partial charge < -0.3 is 26.4 Å². The molecule has 1 rings (SSSR count). The molecular weight excluding hydrogens is 224 g/mol. The van der Waals surface area contributed by atoms with E-state index in [4.69, 9.17) is 16.2 Å². The molecule has 1 atom stereocenters. The zero-order chi connectivity index (χ0) is 12.7. The summed E-state index contributed by atoms with van der Waals surface area (Å²) in [6.45, 7) is 3.31. The molecule has 1 aliphatic heterocycles. The van der Waals surface area contributed by atoms with E-state index in [0.29, 0.717) is 45.8 Å². The van der Waals surface area contributed by atoms with E-state index < -0.39 is 11.9 Å². The van der Waals surface area contributed by atoms with Gasteiger partial charge in [0, 0.05) is 32.6 Å². The number of primary amides is 1. The van der Waals surface area contributed by atoms with E-state index >= 15 is 0 Å². The monoisotopic (exact) mass is 244 g/mol. The van der Waals surface area contributed by atoms with E-state index in [1.54, 1.807) is 4.90 Å². The molecule has 1 fully saturated rings. The topological polar surface area (TPSA) is 111 Å². The molecule has 0 spiro atoms. The van der Waals surface area contributed by atoms with Gasteiger partial charge in [0.1, 0.15) is 0 Å². The number of hydrogen-bond donors (Lipinski definition) is 3. The van der Waals surface area contributed by atoms with E-state index in [1.807, 2.05) is 0 Å². The van der Waals surface area contributed by atoms with Crippen LogP contribution in [0.1, 0.15) is 6.42 Å². The van der Waals surface area contributed by atoms with Crippen molar-refractivity contribution in [2.45, 2.75) is 12.5 Å². The molecule has 5 N–H and O–H groups in total. The SMILES string of the molecule is NC(=O)C(N)CNCCC(=O)N1CCOCC1. The molecule has 17 heavy (non-hydrogen) atoms. The van der Waals surface area contributed by atoms with Crippen LogP contribution in [0.25, 0.3) is 0 Å². The Morgan fingerprint density at radius 1 is 1.35 bits per heavy atom. The fourth-order valence-corrected chi connectivity index (χ4v) is 1.52. The van der Waals surface area contributed by atoms with Gasteiger partial charge in [0.05, 0.1) is 19.3 Å². The van der Waals surface area contributed by atoms with Gasteiger partial charge in [0.25, 0.3) is 0 Å². The third kappa shape index (κ3) is 5.12. The lowest BCUT2D eigenvalue weighted by atomic mass is 10.3. The summed E-state index contributed by atoms with van der Waals surface area (Å²) in [5, 5.41) is 2.93. The number of carbonyl (C=O) groups is 2. The Kier molecular flexibility index (Phi) is 5.88. The molecular formula is C10H20N4O3. The maximum Gasteiger partial charge on any atom is 0.235 e. The third-order valence-corrected chi connectivity index (χ3v) is 2.61. The predicted octanol–water partition coefficient (Wildman–Crippen LogP) is -2.36. The largest absolute Gasteiger partial charge is 0.378 e. The van der Waals surface area contributed by atoms with Crippen LogP contribution >= 0.6 is 0 Å². The number of nitrogens with two attached hydrogens (primary N) is 2.